The number of amides is 2. The maximum absolute atomic E-state index is 12.8. The largest absolute Gasteiger partial charge is 0.448 e. The Hall–Kier alpha value is -1.60. The number of nitrogens with zero attached hydrogens (tertiary/aromatic N) is 4. The van der Waals surface area contributed by atoms with Gasteiger partial charge in [-0.1, -0.05) is 0 Å². The molecule has 3 rings (SSSR count). The number of urea groups is 1. The number of likely N-dealkylation sites (tertiary alicyclic amines) is 1. The van der Waals surface area contributed by atoms with Gasteiger partial charge in [-0.05, 0) is 34.2 Å². The zero-order valence-corrected chi connectivity index (χ0v) is 15.1. The van der Waals surface area contributed by atoms with Crippen LogP contribution in [0, 0.1) is 6.92 Å². The molecule has 3 heterocycles. The van der Waals surface area contributed by atoms with Gasteiger partial charge in [0.1, 0.15) is 5.76 Å². The monoisotopic (exact) mass is 336 g/mol. The van der Waals surface area contributed by atoms with E-state index in [9.17, 15) is 4.79 Å². The molecule has 2 fully saturated rings. The van der Waals surface area contributed by atoms with Crippen molar-refractivity contribution in [1.29, 1.82) is 0 Å². The number of carbonyl (C=O) groups excluding carboxylic acids is 1. The molecule has 2 aliphatic rings. The number of oxazole rings is 1. The van der Waals surface area contributed by atoms with Crippen LogP contribution in [0.2, 0.25) is 0 Å². The summed E-state index contributed by atoms with van der Waals surface area (Å²) in [5.74, 6) is 0.865. The van der Waals surface area contributed by atoms with E-state index in [1.807, 2.05) is 30.6 Å². The molecular weight excluding hydrogens is 308 g/mol. The third-order valence-electron chi connectivity index (χ3n) is 4.99. The molecular formula is C17H28N4O3. The Balaban J connectivity index is 1.54. The molecule has 3 atom stereocenters. The molecule has 1 aromatic rings. The lowest BCUT2D eigenvalue weighted by atomic mass is 10.2. The molecule has 0 spiro atoms. The maximum atomic E-state index is 12.8. The van der Waals surface area contributed by atoms with E-state index in [1.54, 1.807) is 0 Å². The molecule has 134 valence electrons. The Kier molecular flexibility index (Phi) is 5.10. The Morgan fingerprint density at radius 2 is 2.00 bits per heavy atom. The molecule has 0 bridgehead atoms. The van der Waals surface area contributed by atoms with Crippen LogP contribution < -0.4 is 0 Å². The smallest absolute Gasteiger partial charge is 0.320 e. The summed E-state index contributed by atoms with van der Waals surface area (Å²) in [5, 5.41) is 0. The van der Waals surface area contributed by atoms with E-state index in [1.165, 1.54) is 6.39 Å². The quantitative estimate of drug-likeness (QED) is 0.841. The molecule has 24 heavy (non-hydrogen) atoms. The van der Waals surface area contributed by atoms with Gasteiger partial charge in [-0.2, -0.15) is 0 Å². The fraction of sp³-hybridized carbons (Fsp3) is 0.765. The van der Waals surface area contributed by atoms with Crippen LogP contribution in [0.5, 0.6) is 0 Å². The van der Waals surface area contributed by atoms with E-state index in [0.29, 0.717) is 19.1 Å². The van der Waals surface area contributed by atoms with Gasteiger partial charge in [0.2, 0.25) is 0 Å². The minimum Gasteiger partial charge on any atom is -0.448 e. The number of hydrogen-bond acceptors (Lipinski definition) is 5. The second kappa shape index (κ2) is 7.11. The number of morpholine rings is 1. The van der Waals surface area contributed by atoms with Crippen molar-refractivity contribution in [3.8, 4) is 0 Å². The van der Waals surface area contributed by atoms with Crippen molar-refractivity contribution in [2.24, 2.45) is 0 Å². The summed E-state index contributed by atoms with van der Waals surface area (Å²) < 4.78 is 11.0. The predicted octanol–water partition coefficient (Wildman–Crippen LogP) is 1.72. The van der Waals surface area contributed by atoms with Gasteiger partial charge in [0, 0.05) is 38.8 Å². The fourth-order valence-electron chi connectivity index (χ4n) is 3.65. The number of aromatic nitrogens is 1. The number of hydrogen-bond donors (Lipinski definition) is 0. The first kappa shape index (κ1) is 17.2. The van der Waals surface area contributed by atoms with Crippen molar-refractivity contribution in [3.63, 3.8) is 0 Å². The van der Waals surface area contributed by atoms with Crippen molar-refractivity contribution >= 4 is 6.03 Å². The molecule has 7 nitrogen and oxygen atoms in total. The second-order valence-corrected chi connectivity index (χ2v) is 7.10. The number of aryl methyl sites for hydroxylation is 1. The SMILES string of the molecule is Cc1ocnc1CN(C)C1CCN(C(=O)N2C[C@@H](C)O[C@@H](C)C2)C1. The van der Waals surface area contributed by atoms with Crippen molar-refractivity contribution in [2.75, 3.05) is 33.2 Å². The number of ether oxygens (including phenoxy) is 1. The predicted molar refractivity (Wildman–Crippen MR) is 89.7 cm³/mol. The van der Waals surface area contributed by atoms with Gasteiger partial charge < -0.3 is 19.0 Å². The molecule has 0 radical (unpaired) electrons. The lowest BCUT2D eigenvalue weighted by molar-refractivity contribution is -0.0577. The molecule has 0 aromatic carbocycles. The standard InChI is InChI=1S/C17H28N4O3/c1-12-7-21(8-13(2)24-12)17(22)20-6-5-15(9-20)19(4)10-16-14(3)23-11-18-16/h11-13,15H,5-10H2,1-4H3/t12-,13+,15?. The summed E-state index contributed by atoms with van der Waals surface area (Å²) in [4.78, 5) is 23.2. The normalized spacial score (nSPS) is 28.0. The molecule has 0 N–H and O–H groups in total. The Bertz CT molecular complexity index is 566. The third kappa shape index (κ3) is 3.72. The number of carbonyl (C=O) groups is 1. The fourth-order valence-corrected chi connectivity index (χ4v) is 3.65. The summed E-state index contributed by atoms with van der Waals surface area (Å²) >= 11 is 0. The highest BCUT2D eigenvalue weighted by Gasteiger charge is 2.34. The van der Waals surface area contributed by atoms with E-state index in [-0.39, 0.29) is 18.2 Å². The van der Waals surface area contributed by atoms with Gasteiger partial charge >= 0.3 is 6.03 Å². The van der Waals surface area contributed by atoms with Crippen molar-refractivity contribution in [2.45, 2.75) is 52.0 Å². The van der Waals surface area contributed by atoms with Crippen LogP contribution in [0.25, 0.3) is 0 Å². The molecule has 2 saturated heterocycles. The van der Waals surface area contributed by atoms with E-state index >= 15 is 0 Å². The van der Waals surface area contributed by atoms with Gasteiger partial charge in [-0.25, -0.2) is 9.78 Å². The zero-order chi connectivity index (χ0) is 17.3. The Morgan fingerprint density at radius 3 is 2.62 bits per heavy atom. The van der Waals surface area contributed by atoms with Gasteiger partial charge in [0.25, 0.3) is 0 Å². The number of rotatable bonds is 3. The molecule has 2 amide bonds. The van der Waals surface area contributed by atoms with Crippen LogP contribution in [0.1, 0.15) is 31.7 Å². The van der Waals surface area contributed by atoms with E-state index < -0.39 is 0 Å². The van der Waals surface area contributed by atoms with Crippen molar-refractivity contribution in [1.82, 2.24) is 19.7 Å². The average Bonchev–Trinajstić information content (AvgIpc) is 3.15. The van der Waals surface area contributed by atoms with E-state index in [0.717, 1.165) is 37.5 Å². The van der Waals surface area contributed by atoms with Gasteiger partial charge in [-0.15, -0.1) is 0 Å². The molecule has 7 heteroatoms. The summed E-state index contributed by atoms with van der Waals surface area (Å²) in [7, 11) is 2.09. The van der Waals surface area contributed by atoms with Crippen LogP contribution in [0.15, 0.2) is 10.8 Å². The minimum atomic E-state index is 0.105. The maximum Gasteiger partial charge on any atom is 0.320 e. The van der Waals surface area contributed by atoms with Gasteiger partial charge in [0.15, 0.2) is 6.39 Å². The third-order valence-corrected chi connectivity index (χ3v) is 4.99. The van der Waals surface area contributed by atoms with Crippen molar-refractivity contribution < 1.29 is 13.9 Å². The summed E-state index contributed by atoms with van der Waals surface area (Å²) in [6.07, 6.45) is 2.70. The first-order chi connectivity index (χ1) is 11.4. The van der Waals surface area contributed by atoms with Crippen LogP contribution in [-0.2, 0) is 11.3 Å². The molecule has 0 saturated carbocycles. The van der Waals surface area contributed by atoms with Crippen LogP contribution >= 0.6 is 0 Å². The highest BCUT2D eigenvalue weighted by molar-refractivity contribution is 5.75. The second-order valence-electron chi connectivity index (χ2n) is 7.10. The molecule has 1 unspecified atom stereocenters. The molecule has 1 aromatic heterocycles. The Labute approximate surface area is 143 Å². The topological polar surface area (TPSA) is 62.1 Å². The summed E-state index contributed by atoms with van der Waals surface area (Å²) in [5.41, 5.74) is 0.970. The lowest BCUT2D eigenvalue weighted by Crippen LogP contribution is -2.52. The van der Waals surface area contributed by atoms with E-state index in [4.69, 9.17) is 9.15 Å². The summed E-state index contributed by atoms with van der Waals surface area (Å²) in [6.45, 7) is 9.67. The first-order valence-electron chi connectivity index (χ1n) is 8.72. The minimum absolute atomic E-state index is 0.105. The highest BCUT2D eigenvalue weighted by atomic mass is 16.5. The molecule has 0 aliphatic carbocycles. The van der Waals surface area contributed by atoms with Crippen LogP contribution in [0.3, 0.4) is 0 Å². The van der Waals surface area contributed by atoms with Crippen LogP contribution in [0.4, 0.5) is 4.79 Å². The highest BCUT2D eigenvalue weighted by Crippen LogP contribution is 2.20. The Morgan fingerprint density at radius 1 is 1.29 bits per heavy atom. The van der Waals surface area contributed by atoms with E-state index in [2.05, 4.69) is 16.9 Å². The van der Waals surface area contributed by atoms with Gasteiger partial charge in [0.05, 0.1) is 17.9 Å². The van der Waals surface area contributed by atoms with Crippen molar-refractivity contribution in [3.05, 3.63) is 17.8 Å². The summed E-state index contributed by atoms with van der Waals surface area (Å²) in [6, 6.07) is 0.506. The molecule has 2 aliphatic heterocycles. The zero-order valence-electron chi connectivity index (χ0n) is 15.1. The van der Waals surface area contributed by atoms with Gasteiger partial charge in [-0.3, -0.25) is 4.90 Å². The average molecular weight is 336 g/mol. The first-order valence-corrected chi connectivity index (χ1v) is 8.72. The lowest BCUT2D eigenvalue weighted by Gasteiger charge is -2.37. The van der Waals surface area contributed by atoms with Crippen LogP contribution in [-0.4, -0.2) is 77.2 Å². The number of likely N-dealkylation sites (N-methyl/N-ethyl adjacent to an activating group) is 1.